The summed E-state index contributed by atoms with van der Waals surface area (Å²) in [7, 11) is 2.15. The van der Waals surface area contributed by atoms with E-state index in [0.29, 0.717) is 0 Å². The number of aryl methyl sites for hydroxylation is 1. The van der Waals surface area contributed by atoms with E-state index < -0.39 is 0 Å². The summed E-state index contributed by atoms with van der Waals surface area (Å²) in [5.41, 5.74) is 4.94. The molecule has 2 heteroatoms. The summed E-state index contributed by atoms with van der Waals surface area (Å²) >= 11 is 0. The summed E-state index contributed by atoms with van der Waals surface area (Å²) in [4.78, 5) is 0. The number of nitrogens with zero attached hydrogens (tertiary/aromatic N) is 2. The zero-order chi connectivity index (χ0) is 16.1. The minimum atomic E-state index is 1.21. The van der Waals surface area contributed by atoms with Crippen LogP contribution in [0.4, 0.5) is 0 Å². The van der Waals surface area contributed by atoms with Gasteiger partial charge in [0.05, 0.1) is 5.52 Å². The molecular weight excluding hydrogens is 292 g/mol. The van der Waals surface area contributed by atoms with Gasteiger partial charge in [-0.1, -0.05) is 36.4 Å². The Balaban J connectivity index is 1.94. The summed E-state index contributed by atoms with van der Waals surface area (Å²) in [5.74, 6) is 0. The molecule has 2 aromatic heterocycles. The smallest absolute Gasteiger partial charge is 0.237 e. The lowest BCUT2D eigenvalue weighted by Gasteiger charge is -2.09. The highest BCUT2D eigenvalue weighted by atomic mass is 15.0. The van der Waals surface area contributed by atoms with Crippen LogP contribution >= 0.6 is 0 Å². The predicted octanol–water partition coefficient (Wildman–Crippen LogP) is 4.76. The highest BCUT2D eigenvalue weighted by Gasteiger charge is 2.17. The van der Waals surface area contributed by atoms with E-state index in [1.54, 1.807) is 0 Å². The fourth-order valence-corrected chi connectivity index (χ4v) is 3.72. The molecule has 5 aromatic rings. The van der Waals surface area contributed by atoms with Crippen molar-refractivity contribution < 1.29 is 4.57 Å². The van der Waals surface area contributed by atoms with Crippen molar-refractivity contribution in [3.63, 3.8) is 0 Å². The van der Waals surface area contributed by atoms with Crippen LogP contribution in [0.1, 0.15) is 0 Å². The van der Waals surface area contributed by atoms with E-state index in [4.69, 9.17) is 0 Å². The molecule has 114 valence electrons. The molecule has 0 saturated carbocycles. The molecule has 0 aliphatic heterocycles. The van der Waals surface area contributed by atoms with Crippen LogP contribution in [-0.4, -0.2) is 4.57 Å². The Morgan fingerprint density at radius 1 is 0.708 bits per heavy atom. The molecule has 0 aliphatic rings. The third-order valence-corrected chi connectivity index (χ3v) is 4.85. The average molecular weight is 309 g/mol. The van der Waals surface area contributed by atoms with Crippen LogP contribution in [0, 0.1) is 0 Å². The molecule has 0 atom stereocenters. The van der Waals surface area contributed by atoms with Crippen molar-refractivity contribution in [2.45, 2.75) is 0 Å². The van der Waals surface area contributed by atoms with Crippen molar-refractivity contribution in [3.05, 3.63) is 85.1 Å². The van der Waals surface area contributed by atoms with E-state index in [1.165, 1.54) is 38.4 Å². The Morgan fingerprint density at radius 2 is 1.46 bits per heavy atom. The van der Waals surface area contributed by atoms with E-state index in [-0.39, 0.29) is 0 Å². The molecule has 0 saturated heterocycles. The molecule has 3 aromatic carbocycles. The van der Waals surface area contributed by atoms with Crippen LogP contribution < -0.4 is 4.57 Å². The molecular formula is C22H17N2+. The maximum absolute atomic E-state index is 2.30. The van der Waals surface area contributed by atoms with Crippen LogP contribution in [0.15, 0.2) is 85.1 Å². The van der Waals surface area contributed by atoms with Crippen molar-refractivity contribution in [2.24, 2.45) is 7.05 Å². The van der Waals surface area contributed by atoms with E-state index in [2.05, 4.69) is 101 Å². The Kier molecular flexibility index (Phi) is 2.74. The third-order valence-electron chi connectivity index (χ3n) is 4.85. The van der Waals surface area contributed by atoms with Gasteiger partial charge in [0.2, 0.25) is 11.0 Å². The molecule has 0 unspecified atom stereocenters. The lowest BCUT2D eigenvalue weighted by molar-refractivity contribution is -0.617. The minimum Gasteiger partial charge on any atom is -0.311 e. The number of aromatic nitrogens is 2. The molecule has 2 nitrogen and oxygen atoms in total. The van der Waals surface area contributed by atoms with Crippen LogP contribution in [0.5, 0.6) is 0 Å². The second kappa shape index (κ2) is 4.93. The van der Waals surface area contributed by atoms with Crippen molar-refractivity contribution in [1.29, 1.82) is 0 Å². The van der Waals surface area contributed by atoms with Crippen LogP contribution in [0.2, 0.25) is 0 Å². The Labute approximate surface area is 140 Å². The maximum Gasteiger partial charge on any atom is 0.237 e. The van der Waals surface area contributed by atoms with Crippen molar-refractivity contribution in [3.8, 4) is 5.69 Å². The topological polar surface area (TPSA) is 8.81 Å². The number of hydrogen-bond acceptors (Lipinski definition) is 0. The highest BCUT2D eigenvalue weighted by Crippen LogP contribution is 2.26. The Hall–Kier alpha value is -3.13. The van der Waals surface area contributed by atoms with Crippen LogP contribution in [-0.2, 0) is 7.05 Å². The van der Waals surface area contributed by atoms with Crippen molar-refractivity contribution in [1.82, 2.24) is 4.57 Å². The van der Waals surface area contributed by atoms with Crippen LogP contribution in [0.25, 0.3) is 38.4 Å². The molecule has 0 amide bonds. The quantitative estimate of drug-likeness (QED) is 0.312. The van der Waals surface area contributed by atoms with Gasteiger partial charge in [0.25, 0.3) is 0 Å². The van der Waals surface area contributed by atoms with Crippen LogP contribution in [0.3, 0.4) is 0 Å². The summed E-state index contributed by atoms with van der Waals surface area (Å²) < 4.78 is 4.58. The molecule has 5 rings (SSSR count). The Bertz CT molecular complexity index is 1210. The molecule has 2 heterocycles. The van der Waals surface area contributed by atoms with Gasteiger partial charge in [0.1, 0.15) is 12.7 Å². The van der Waals surface area contributed by atoms with Gasteiger partial charge >= 0.3 is 0 Å². The molecule has 0 fully saturated rings. The number of fused-ring (bicyclic) bond motifs is 3. The van der Waals surface area contributed by atoms with Crippen molar-refractivity contribution >= 4 is 32.7 Å². The van der Waals surface area contributed by atoms with Gasteiger partial charge in [-0.3, -0.25) is 0 Å². The van der Waals surface area contributed by atoms with Gasteiger partial charge < -0.3 is 4.57 Å². The second-order valence-corrected chi connectivity index (χ2v) is 6.22. The van der Waals surface area contributed by atoms with Gasteiger partial charge in [-0.05, 0) is 41.8 Å². The molecule has 0 N–H and O–H groups in total. The summed E-state index contributed by atoms with van der Waals surface area (Å²) in [6.45, 7) is 0. The van der Waals surface area contributed by atoms with E-state index >= 15 is 0 Å². The maximum atomic E-state index is 2.30. The average Bonchev–Trinajstić information content (AvgIpc) is 3.05. The molecule has 24 heavy (non-hydrogen) atoms. The SMILES string of the molecule is C[n+]1c2ccccc2cc2cccc(-n3ccc4ccccc43)c21. The normalized spacial score (nSPS) is 11.5. The van der Waals surface area contributed by atoms with Gasteiger partial charge in [0, 0.05) is 23.0 Å². The van der Waals surface area contributed by atoms with Gasteiger partial charge in [-0.2, -0.15) is 4.57 Å². The first-order valence-corrected chi connectivity index (χ1v) is 8.20. The summed E-state index contributed by atoms with van der Waals surface area (Å²) in [6, 6.07) is 28.0. The second-order valence-electron chi connectivity index (χ2n) is 6.22. The standard InChI is InChI=1S/C22H17N2/c1-23-19-10-4-3-8-17(19)15-18-9-6-12-21(22(18)23)24-14-13-16-7-2-5-11-20(16)24/h2-15H,1H3/q+1. The minimum absolute atomic E-state index is 1.21. The lowest BCUT2D eigenvalue weighted by atomic mass is 10.1. The predicted molar refractivity (Wildman–Crippen MR) is 99.5 cm³/mol. The fraction of sp³-hybridized carbons (Fsp3) is 0.0455. The Morgan fingerprint density at radius 3 is 2.38 bits per heavy atom. The number of hydrogen-bond donors (Lipinski definition) is 0. The number of pyridine rings is 1. The largest absolute Gasteiger partial charge is 0.311 e. The molecule has 0 bridgehead atoms. The third kappa shape index (κ3) is 1.80. The molecule has 0 radical (unpaired) electrons. The van der Waals surface area contributed by atoms with Gasteiger partial charge in [-0.15, -0.1) is 0 Å². The zero-order valence-corrected chi connectivity index (χ0v) is 13.5. The first kappa shape index (κ1) is 13.3. The number of rotatable bonds is 1. The first-order valence-electron chi connectivity index (χ1n) is 8.20. The van der Waals surface area contributed by atoms with Gasteiger partial charge in [0.15, 0.2) is 0 Å². The molecule has 0 aliphatic carbocycles. The van der Waals surface area contributed by atoms with Gasteiger partial charge in [-0.25, -0.2) is 0 Å². The van der Waals surface area contributed by atoms with E-state index in [1.807, 2.05) is 0 Å². The monoisotopic (exact) mass is 309 g/mol. The zero-order valence-electron chi connectivity index (χ0n) is 13.5. The van der Waals surface area contributed by atoms with Crippen molar-refractivity contribution in [2.75, 3.05) is 0 Å². The fourth-order valence-electron chi connectivity index (χ4n) is 3.72. The molecule has 0 spiro atoms. The number of para-hydroxylation sites is 3. The lowest BCUT2D eigenvalue weighted by Crippen LogP contribution is -2.31. The summed E-state index contributed by atoms with van der Waals surface area (Å²) in [6.07, 6.45) is 2.16. The van der Waals surface area contributed by atoms with E-state index in [9.17, 15) is 0 Å². The highest BCUT2D eigenvalue weighted by molar-refractivity contribution is 5.94. The number of benzene rings is 3. The van der Waals surface area contributed by atoms with E-state index in [0.717, 1.165) is 0 Å². The summed E-state index contributed by atoms with van der Waals surface area (Å²) in [5, 5.41) is 3.78. The first-order chi connectivity index (χ1) is 11.8.